The quantitative estimate of drug-likeness (QED) is 0.712. The summed E-state index contributed by atoms with van der Waals surface area (Å²) in [5, 5.41) is 2.99. The summed E-state index contributed by atoms with van der Waals surface area (Å²) in [7, 11) is 1.64. The van der Waals surface area contributed by atoms with E-state index in [2.05, 4.69) is 10.3 Å². The van der Waals surface area contributed by atoms with E-state index in [0.29, 0.717) is 19.8 Å². The van der Waals surface area contributed by atoms with Crippen LogP contribution in [0.1, 0.15) is 18.4 Å². The van der Waals surface area contributed by atoms with Crippen molar-refractivity contribution in [3.8, 4) is 5.75 Å². The largest absolute Gasteiger partial charge is 0.496 e. The summed E-state index contributed by atoms with van der Waals surface area (Å²) >= 11 is 0. The Kier molecular flexibility index (Phi) is 5.15. The molecule has 1 aliphatic rings. The van der Waals surface area contributed by atoms with E-state index in [0.717, 1.165) is 30.7 Å². The van der Waals surface area contributed by atoms with Crippen LogP contribution in [-0.2, 0) is 21.5 Å². The summed E-state index contributed by atoms with van der Waals surface area (Å²) in [5.74, 6) is 0.840. The highest BCUT2D eigenvalue weighted by molar-refractivity contribution is 5.92. The Morgan fingerprint density at radius 2 is 2.17 bits per heavy atom. The lowest BCUT2D eigenvalue weighted by Gasteiger charge is -2.18. The van der Waals surface area contributed by atoms with Gasteiger partial charge in [-0.1, -0.05) is 18.2 Å². The number of carbonyl (C=O) groups is 1. The first-order valence-electron chi connectivity index (χ1n) is 8.21. The van der Waals surface area contributed by atoms with Gasteiger partial charge in [-0.05, 0) is 18.9 Å². The van der Waals surface area contributed by atoms with E-state index in [1.165, 1.54) is 0 Å². The first kappa shape index (κ1) is 16.5. The predicted octanol–water partition coefficient (Wildman–Crippen LogP) is 1.76. The topological polar surface area (TPSA) is 65.4 Å². The van der Waals surface area contributed by atoms with E-state index in [-0.39, 0.29) is 5.91 Å². The fourth-order valence-electron chi connectivity index (χ4n) is 2.88. The maximum atomic E-state index is 12.6. The van der Waals surface area contributed by atoms with Crippen LogP contribution in [0.4, 0.5) is 0 Å². The van der Waals surface area contributed by atoms with Crippen molar-refractivity contribution in [2.45, 2.75) is 24.8 Å². The second kappa shape index (κ2) is 7.49. The molecule has 0 saturated heterocycles. The van der Waals surface area contributed by atoms with Crippen LogP contribution in [-0.4, -0.2) is 42.3 Å². The molecule has 1 aromatic carbocycles. The van der Waals surface area contributed by atoms with Gasteiger partial charge in [0.2, 0.25) is 5.91 Å². The third kappa shape index (κ3) is 3.59. The van der Waals surface area contributed by atoms with Gasteiger partial charge < -0.3 is 19.4 Å². The Bertz CT molecular complexity index is 666. The minimum atomic E-state index is -0.427. The van der Waals surface area contributed by atoms with Gasteiger partial charge in [0.15, 0.2) is 0 Å². The molecule has 1 amide bonds. The average molecular weight is 329 g/mol. The van der Waals surface area contributed by atoms with Crippen molar-refractivity contribution in [1.29, 1.82) is 0 Å². The highest BCUT2D eigenvalue weighted by Gasteiger charge is 2.52. The van der Waals surface area contributed by atoms with Crippen molar-refractivity contribution in [2.24, 2.45) is 0 Å². The zero-order chi connectivity index (χ0) is 16.8. The molecule has 24 heavy (non-hydrogen) atoms. The Hall–Kier alpha value is -2.34. The van der Waals surface area contributed by atoms with Crippen molar-refractivity contribution in [3.05, 3.63) is 48.5 Å². The minimum absolute atomic E-state index is 0.0604. The lowest BCUT2D eigenvalue weighted by atomic mass is 9.94. The van der Waals surface area contributed by atoms with Crippen LogP contribution >= 0.6 is 0 Å². The number of nitrogens with zero attached hydrogens (tertiary/aromatic N) is 2. The van der Waals surface area contributed by atoms with Crippen LogP contribution in [0.2, 0.25) is 0 Å². The van der Waals surface area contributed by atoms with E-state index in [9.17, 15) is 4.79 Å². The Morgan fingerprint density at radius 3 is 2.88 bits per heavy atom. The Balaban J connectivity index is 1.43. The molecule has 6 heteroatoms. The van der Waals surface area contributed by atoms with E-state index < -0.39 is 5.41 Å². The summed E-state index contributed by atoms with van der Waals surface area (Å²) < 4.78 is 12.9. The number of hydrogen-bond donors (Lipinski definition) is 1. The molecular formula is C18H23N3O3. The second-order valence-electron chi connectivity index (χ2n) is 5.95. The lowest BCUT2D eigenvalue weighted by Crippen LogP contribution is -2.37. The number of imidazole rings is 1. The molecule has 1 heterocycles. The van der Waals surface area contributed by atoms with E-state index in [4.69, 9.17) is 9.47 Å². The maximum absolute atomic E-state index is 12.6. The predicted molar refractivity (Wildman–Crippen MR) is 90.0 cm³/mol. The fourth-order valence-corrected chi connectivity index (χ4v) is 2.88. The number of carbonyl (C=O) groups excluding carboxylic acids is 1. The molecular weight excluding hydrogens is 306 g/mol. The fraction of sp³-hybridized carbons (Fsp3) is 0.444. The molecule has 128 valence electrons. The number of aromatic nitrogens is 2. The molecule has 2 aromatic rings. The molecule has 0 bridgehead atoms. The van der Waals surface area contributed by atoms with Crippen molar-refractivity contribution in [3.63, 3.8) is 0 Å². The molecule has 1 saturated carbocycles. The average Bonchev–Trinajstić information content (AvgIpc) is 3.27. The summed E-state index contributed by atoms with van der Waals surface area (Å²) in [6.45, 7) is 2.38. The summed E-state index contributed by atoms with van der Waals surface area (Å²) in [4.78, 5) is 16.6. The number of nitrogens with one attached hydrogen (secondary N) is 1. The summed E-state index contributed by atoms with van der Waals surface area (Å²) in [6, 6.07) is 7.75. The minimum Gasteiger partial charge on any atom is -0.496 e. The van der Waals surface area contributed by atoms with Crippen LogP contribution in [0.25, 0.3) is 0 Å². The number of amides is 1. The smallest absolute Gasteiger partial charge is 0.230 e. The van der Waals surface area contributed by atoms with Gasteiger partial charge in [0.1, 0.15) is 5.75 Å². The number of rotatable bonds is 9. The van der Waals surface area contributed by atoms with E-state index in [1.807, 2.05) is 35.0 Å². The van der Waals surface area contributed by atoms with Crippen molar-refractivity contribution in [2.75, 3.05) is 26.9 Å². The Morgan fingerprint density at radius 1 is 1.33 bits per heavy atom. The highest BCUT2D eigenvalue weighted by atomic mass is 16.5. The van der Waals surface area contributed by atoms with Gasteiger partial charge in [-0.3, -0.25) is 4.79 Å². The zero-order valence-corrected chi connectivity index (χ0v) is 13.9. The van der Waals surface area contributed by atoms with Crippen LogP contribution in [0, 0.1) is 0 Å². The van der Waals surface area contributed by atoms with Gasteiger partial charge in [0.25, 0.3) is 0 Å². The number of methoxy groups -OCH3 is 1. The molecule has 3 rings (SSSR count). The highest BCUT2D eigenvalue weighted by Crippen LogP contribution is 2.51. The van der Waals surface area contributed by atoms with E-state index >= 15 is 0 Å². The molecule has 1 N–H and O–H groups in total. The molecule has 1 aromatic heterocycles. The molecule has 0 atom stereocenters. The normalized spacial score (nSPS) is 15.0. The van der Waals surface area contributed by atoms with Crippen molar-refractivity contribution in [1.82, 2.24) is 14.9 Å². The van der Waals surface area contributed by atoms with Gasteiger partial charge in [-0.25, -0.2) is 4.98 Å². The molecule has 0 radical (unpaired) electrons. The SMILES string of the molecule is COc1ccccc1C1(C(=O)NCCOCCn2ccnc2)CC1. The molecule has 1 fully saturated rings. The Labute approximate surface area is 141 Å². The molecule has 1 aliphatic carbocycles. The third-order valence-electron chi connectivity index (χ3n) is 4.39. The van der Waals surface area contributed by atoms with Crippen LogP contribution in [0.3, 0.4) is 0 Å². The van der Waals surface area contributed by atoms with Gasteiger partial charge in [0.05, 0.1) is 32.1 Å². The zero-order valence-electron chi connectivity index (χ0n) is 13.9. The number of benzene rings is 1. The van der Waals surface area contributed by atoms with Crippen LogP contribution in [0.15, 0.2) is 43.0 Å². The van der Waals surface area contributed by atoms with Crippen LogP contribution in [0.5, 0.6) is 5.75 Å². The molecule has 6 nitrogen and oxygen atoms in total. The van der Waals surface area contributed by atoms with Gasteiger partial charge in [-0.2, -0.15) is 0 Å². The monoisotopic (exact) mass is 329 g/mol. The third-order valence-corrected chi connectivity index (χ3v) is 4.39. The lowest BCUT2D eigenvalue weighted by molar-refractivity contribution is -0.123. The summed E-state index contributed by atoms with van der Waals surface area (Å²) in [6.07, 6.45) is 7.12. The molecule has 0 aliphatic heterocycles. The number of hydrogen-bond acceptors (Lipinski definition) is 4. The van der Waals surface area contributed by atoms with Crippen molar-refractivity contribution < 1.29 is 14.3 Å². The first-order valence-corrected chi connectivity index (χ1v) is 8.21. The van der Waals surface area contributed by atoms with Gasteiger partial charge in [0, 0.05) is 31.0 Å². The van der Waals surface area contributed by atoms with Crippen molar-refractivity contribution >= 4 is 5.91 Å². The van der Waals surface area contributed by atoms with Gasteiger partial charge >= 0.3 is 0 Å². The van der Waals surface area contributed by atoms with E-state index in [1.54, 1.807) is 19.6 Å². The number of ether oxygens (including phenoxy) is 2. The van der Waals surface area contributed by atoms with Gasteiger partial charge in [-0.15, -0.1) is 0 Å². The second-order valence-corrected chi connectivity index (χ2v) is 5.95. The number of para-hydroxylation sites is 1. The summed E-state index contributed by atoms with van der Waals surface area (Å²) in [5.41, 5.74) is 0.551. The van der Waals surface area contributed by atoms with Crippen LogP contribution < -0.4 is 10.1 Å². The maximum Gasteiger partial charge on any atom is 0.230 e. The standard InChI is InChI=1S/C18H23N3O3/c1-23-16-5-3-2-4-15(16)18(6-7-18)17(22)20-9-12-24-13-11-21-10-8-19-14-21/h2-5,8,10,14H,6-7,9,11-13H2,1H3,(H,20,22). The first-order chi connectivity index (χ1) is 11.8. The molecule has 0 unspecified atom stereocenters. The molecule has 0 spiro atoms.